The molecule has 1 aromatic carbocycles. The molecule has 0 fully saturated rings. The minimum absolute atomic E-state index is 0.0418. The van der Waals surface area contributed by atoms with E-state index >= 15 is 0 Å². The Balaban J connectivity index is 3.33. The van der Waals surface area contributed by atoms with Crippen LogP contribution in [0.1, 0.15) is 12.5 Å². The Labute approximate surface area is 103 Å². The smallest absolute Gasteiger partial charge is 0.284 e. The van der Waals surface area contributed by atoms with E-state index in [0.717, 1.165) is 0 Å². The number of benzene rings is 1. The molecule has 0 aliphatic heterocycles. The van der Waals surface area contributed by atoms with E-state index in [4.69, 9.17) is 4.43 Å². The second-order valence-corrected chi connectivity index (χ2v) is 8.18. The number of alkyl halides is 2. The van der Waals surface area contributed by atoms with Crippen LogP contribution in [0.4, 0.5) is 22.0 Å². The van der Waals surface area contributed by atoms with Crippen molar-refractivity contribution in [2.45, 2.75) is 25.6 Å². The molecule has 0 spiro atoms. The zero-order chi connectivity index (χ0) is 14.1. The highest BCUT2D eigenvalue weighted by Gasteiger charge is 2.53. The topological polar surface area (TPSA) is 9.23 Å². The normalized spacial score (nSPS) is 12.9. The van der Waals surface area contributed by atoms with Crippen molar-refractivity contribution in [2.75, 3.05) is 6.61 Å². The first-order valence-corrected chi connectivity index (χ1v) is 8.21. The minimum Gasteiger partial charge on any atom is -0.410 e. The molecular weight excluding hydrogens is 271 g/mol. The van der Waals surface area contributed by atoms with Gasteiger partial charge >= 0.3 is 0 Å². The molecule has 0 atom stereocenters. The van der Waals surface area contributed by atoms with Crippen molar-refractivity contribution in [3.8, 4) is 0 Å². The minimum atomic E-state index is -3.65. The van der Waals surface area contributed by atoms with Gasteiger partial charge < -0.3 is 4.43 Å². The van der Waals surface area contributed by atoms with Gasteiger partial charge in [0.1, 0.15) is 0 Å². The van der Waals surface area contributed by atoms with Crippen molar-refractivity contribution in [3.63, 3.8) is 0 Å². The van der Waals surface area contributed by atoms with Gasteiger partial charge in [0.25, 0.3) is 13.9 Å². The highest BCUT2D eigenvalue weighted by molar-refractivity contribution is 6.73. The van der Waals surface area contributed by atoms with Crippen molar-refractivity contribution in [1.29, 1.82) is 0 Å². The van der Waals surface area contributed by atoms with Crippen molar-refractivity contribution in [3.05, 3.63) is 35.1 Å². The quantitative estimate of drug-likeness (QED) is 0.462. The molecule has 0 aliphatic rings. The molecule has 1 nitrogen and oxygen atoms in total. The summed E-state index contributed by atoms with van der Waals surface area (Å²) < 4.78 is 72.3. The van der Waals surface area contributed by atoms with Gasteiger partial charge in [0.05, 0.1) is 5.56 Å². The van der Waals surface area contributed by atoms with Crippen LogP contribution in [0.25, 0.3) is 0 Å². The molecule has 0 aliphatic carbocycles. The van der Waals surface area contributed by atoms with Crippen LogP contribution in [0.15, 0.2) is 12.1 Å². The van der Waals surface area contributed by atoms with Crippen molar-refractivity contribution < 1.29 is 26.4 Å². The molecule has 0 heterocycles. The summed E-state index contributed by atoms with van der Waals surface area (Å²) in [5.74, 6) is -5.25. The fraction of sp³-hybridized carbons (Fsp3) is 0.455. The Bertz CT molecular complexity index is 447. The zero-order valence-corrected chi connectivity index (χ0v) is 11.2. The van der Waals surface area contributed by atoms with Gasteiger partial charge in [-0.3, -0.25) is 0 Å². The molecule has 0 saturated heterocycles. The average molecular weight is 284 g/mol. The molecule has 0 saturated carbocycles. The summed E-state index contributed by atoms with van der Waals surface area (Å²) in [7, 11) is -3.61. The van der Waals surface area contributed by atoms with Crippen LogP contribution >= 0.6 is 0 Å². The van der Waals surface area contributed by atoms with E-state index in [1.807, 2.05) is 0 Å². The summed E-state index contributed by atoms with van der Waals surface area (Å²) in [4.78, 5) is 0. The van der Waals surface area contributed by atoms with Gasteiger partial charge in [-0.25, -0.2) is 22.0 Å². The Morgan fingerprint density at radius 1 is 1.11 bits per heavy atom. The summed E-state index contributed by atoms with van der Waals surface area (Å²) in [5.41, 5.74) is -4.81. The fourth-order valence-corrected chi connectivity index (χ4v) is 3.29. The number of hydrogen-bond donors (Lipinski definition) is 0. The van der Waals surface area contributed by atoms with E-state index in [0.29, 0.717) is 12.1 Å². The first-order valence-electron chi connectivity index (χ1n) is 5.31. The van der Waals surface area contributed by atoms with E-state index in [1.54, 1.807) is 0 Å². The van der Waals surface area contributed by atoms with Crippen LogP contribution in [0.2, 0.25) is 13.1 Å². The number of hydrogen-bond acceptors (Lipinski definition) is 1. The third kappa shape index (κ3) is 2.42. The predicted octanol–water partition coefficient (Wildman–Crippen LogP) is 3.98. The highest BCUT2D eigenvalue weighted by Crippen LogP contribution is 2.40. The second kappa shape index (κ2) is 4.97. The lowest BCUT2D eigenvalue weighted by molar-refractivity contribution is 0.0464. The van der Waals surface area contributed by atoms with Gasteiger partial charge in [-0.2, -0.15) is 0 Å². The molecule has 102 valence electrons. The maximum atomic E-state index is 14.1. The lowest BCUT2D eigenvalue weighted by atomic mass is 10.2. The first kappa shape index (κ1) is 15.1. The fourth-order valence-electron chi connectivity index (χ4n) is 1.54. The van der Waals surface area contributed by atoms with Gasteiger partial charge in [-0.05, 0) is 32.2 Å². The Morgan fingerprint density at radius 3 is 2.17 bits per heavy atom. The zero-order valence-electron chi connectivity index (χ0n) is 10.2. The SMILES string of the molecule is CCO[Si](C)(C)C(F)(F)c1ccc(F)c(F)c1F. The van der Waals surface area contributed by atoms with E-state index < -0.39 is 36.9 Å². The van der Waals surface area contributed by atoms with Crippen molar-refractivity contribution in [1.82, 2.24) is 0 Å². The van der Waals surface area contributed by atoms with E-state index in [-0.39, 0.29) is 6.61 Å². The van der Waals surface area contributed by atoms with Crippen LogP contribution in [-0.2, 0) is 9.97 Å². The van der Waals surface area contributed by atoms with Crippen LogP contribution in [0.5, 0.6) is 0 Å². The molecule has 18 heavy (non-hydrogen) atoms. The molecule has 1 aromatic rings. The number of halogens is 5. The lowest BCUT2D eigenvalue weighted by Crippen LogP contribution is -2.49. The predicted molar refractivity (Wildman–Crippen MR) is 59.3 cm³/mol. The maximum Gasteiger partial charge on any atom is 0.284 e. The Hall–Kier alpha value is -0.953. The van der Waals surface area contributed by atoms with Crippen LogP contribution in [-0.4, -0.2) is 14.9 Å². The lowest BCUT2D eigenvalue weighted by Gasteiger charge is -2.31. The average Bonchev–Trinajstić information content (AvgIpc) is 2.25. The van der Waals surface area contributed by atoms with Gasteiger partial charge in [0.15, 0.2) is 17.5 Å². The largest absolute Gasteiger partial charge is 0.410 e. The first-order chi connectivity index (χ1) is 8.15. The van der Waals surface area contributed by atoms with Crippen LogP contribution < -0.4 is 0 Å². The third-order valence-corrected chi connectivity index (χ3v) is 5.43. The highest BCUT2D eigenvalue weighted by atomic mass is 28.4. The molecule has 7 heteroatoms. The molecule has 0 aromatic heterocycles. The van der Waals surface area contributed by atoms with Crippen molar-refractivity contribution >= 4 is 8.32 Å². The Morgan fingerprint density at radius 2 is 1.67 bits per heavy atom. The molecule has 0 bridgehead atoms. The van der Waals surface area contributed by atoms with Gasteiger partial charge in [0.2, 0.25) is 0 Å². The Kier molecular flexibility index (Phi) is 4.17. The molecule has 0 radical (unpaired) electrons. The van der Waals surface area contributed by atoms with Gasteiger partial charge in [-0.1, -0.05) is 0 Å². The van der Waals surface area contributed by atoms with E-state index in [2.05, 4.69) is 0 Å². The van der Waals surface area contributed by atoms with Crippen LogP contribution in [0.3, 0.4) is 0 Å². The second-order valence-electron chi connectivity index (χ2n) is 4.24. The molecule has 0 unspecified atom stereocenters. The van der Waals surface area contributed by atoms with Crippen molar-refractivity contribution in [2.24, 2.45) is 0 Å². The molecular formula is C11H13F5OSi. The van der Waals surface area contributed by atoms with E-state index in [9.17, 15) is 22.0 Å². The molecule has 0 N–H and O–H groups in total. The maximum absolute atomic E-state index is 14.1. The summed E-state index contributed by atoms with van der Waals surface area (Å²) in [6.45, 7) is 3.96. The summed E-state index contributed by atoms with van der Waals surface area (Å²) >= 11 is 0. The standard InChI is InChI=1S/C11H13F5OSi/c1-4-17-18(2,3)11(15,16)7-5-6-8(12)10(14)9(7)13/h5-6H,4H2,1-3H3. The van der Waals surface area contributed by atoms with Gasteiger partial charge in [0, 0.05) is 6.61 Å². The molecule has 0 amide bonds. The van der Waals surface area contributed by atoms with E-state index in [1.165, 1.54) is 20.0 Å². The summed E-state index contributed by atoms with van der Waals surface area (Å²) in [6.07, 6.45) is 0. The number of rotatable bonds is 4. The van der Waals surface area contributed by atoms with Gasteiger partial charge in [-0.15, -0.1) is 0 Å². The van der Waals surface area contributed by atoms with Crippen LogP contribution in [0, 0.1) is 17.5 Å². The third-order valence-electron chi connectivity index (χ3n) is 2.63. The summed E-state index contributed by atoms with van der Waals surface area (Å²) in [5, 5.41) is 0. The molecule has 1 rings (SSSR count). The monoisotopic (exact) mass is 284 g/mol. The summed E-state index contributed by atoms with van der Waals surface area (Å²) in [6, 6.07) is 1.04.